The summed E-state index contributed by atoms with van der Waals surface area (Å²) in [6, 6.07) is 17.5. The second kappa shape index (κ2) is 10.4. The minimum absolute atomic E-state index is 0.0877. The van der Waals surface area contributed by atoms with Crippen LogP contribution in [0.4, 0.5) is 11.4 Å². The molecule has 0 spiro atoms. The summed E-state index contributed by atoms with van der Waals surface area (Å²) >= 11 is 1.38. The van der Waals surface area contributed by atoms with Crippen LogP contribution >= 0.6 is 11.8 Å². The monoisotopic (exact) mass is 489 g/mol. The quantitative estimate of drug-likeness (QED) is 0.441. The predicted octanol–water partition coefficient (Wildman–Crippen LogP) is 5.24. The summed E-state index contributed by atoms with van der Waals surface area (Å²) in [5.74, 6) is 1.37. The highest BCUT2D eigenvalue weighted by molar-refractivity contribution is 8.18. The first-order valence-electron chi connectivity index (χ1n) is 11.5. The number of thioether (sulfide) groups is 1. The summed E-state index contributed by atoms with van der Waals surface area (Å²) in [5.41, 5.74) is 4.06. The lowest BCUT2D eigenvalue weighted by molar-refractivity contribution is -0.122. The van der Waals surface area contributed by atoms with Gasteiger partial charge in [-0.05, 0) is 84.4 Å². The molecule has 0 aliphatic carbocycles. The van der Waals surface area contributed by atoms with E-state index in [4.69, 9.17) is 18.9 Å². The Morgan fingerprint density at radius 3 is 2.60 bits per heavy atom. The van der Waals surface area contributed by atoms with E-state index in [9.17, 15) is 4.79 Å². The number of ether oxygens (including phenoxy) is 2. The lowest BCUT2D eigenvalue weighted by atomic mass is 10.1. The maximum Gasteiger partial charge on any atom is 0.267 e. The number of benzene rings is 2. The summed E-state index contributed by atoms with van der Waals surface area (Å²) in [7, 11) is 1.63. The van der Waals surface area contributed by atoms with Crippen molar-refractivity contribution in [3.05, 3.63) is 82.7 Å². The molecule has 0 radical (unpaired) electrons. The molecular formula is C27H27N3O4S. The van der Waals surface area contributed by atoms with Crippen LogP contribution in [0.2, 0.25) is 0 Å². The summed E-state index contributed by atoms with van der Waals surface area (Å²) in [6.07, 6.45) is 3.57. The molecule has 2 aliphatic heterocycles. The zero-order chi connectivity index (χ0) is 24.2. The van der Waals surface area contributed by atoms with Crippen molar-refractivity contribution in [2.45, 2.75) is 13.5 Å². The van der Waals surface area contributed by atoms with Crippen molar-refractivity contribution in [3.8, 4) is 5.75 Å². The smallest absolute Gasteiger partial charge is 0.267 e. The first kappa shape index (κ1) is 23.3. The van der Waals surface area contributed by atoms with Gasteiger partial charge in [0.2, 0.25) is 0 Å². The third-order valence-corrected chi connectivity index (χ3v) is 7.00. The van der Waals surface area contributed by atoms with E-state index in [1.54, 1.807) is 18.3 Å². The zero-order valence-electron chi connectivity index (χ0n) is 19.8. The second-order valence-corrected chi connectivity index (χ2v) is 9.32. The Labute approximate surface area is 209 Å². The highest BCUT2D eigenvalue weighted by Crippen LogP contribution is 2.36. The Morgan fingerprint density at radius 1 is 1.11 bits per heavy atom. The predicted molar refractivity (Wildman–Crippen MR) is 139 cm³/mol. The first-order valence-corrected chi connectivity index (χ1v) is 12.3. The van der Waals surface area contributed by atoms with Crippen molar-refractivity contribution in [3.63, 3.8) is 0 Å². The van der Waals surface area contributed by atoms with Crippen molar-refractivity contribution in [1.82, 2.24) is 4.90 Å². The van der Waals surface area contributed by atoms with E-state index in [1.165, 1.54) is 17.4 Å². The maximum absolute atomic E-state index is 13.4. The van der Waals surface area contributed by atoms with E-state index in [-0.39, 0.29) is 5.91 Å². The van der Waals surface area contributed by atoms with Crippen LogP contribution in [0.25, 0.3) is 6.08 Å². The molecule has 3 aromatic rings. The summed E-state index contributed by atoms with van der Waals surface area (Å²) < 4.78 is 16.2. The molecule has 35 heavy (non-hydrogen) atoms. The Morgan fingerprint density at radius 2 is 1.91 bits per heavy atom. The van der Waals surface area contributed by atoms with Gasteiger partial charge in [0.25, 0.3) is 5.91 Å². The number of carbonyl (C=O) groups is 1. The normalized spacial score (nSPS) is 18.6. The summed E-state index contributed by atoms with van der Waals surface area (Å²) in [6.45, 7) is 5.67. The fourth-order valence-electron chi connectivity index (χ4n) is 4.04. The van der Waals surface area contributed by atoms with Crippen LogP contribution in [-0.4, -0.2) is 49.4 Å². The van der Waals surface area contributed by atoms with Gasteiger partial charge in [0.05, 0.1) is 43.7 Å². The molecule has 0 saturated carbocycles. The Balaban J connectivity index is 1.43. The number of carbonyl (C=O) groups excluding carboxylic acids is 1. The van der Waals surface area contributed by atoms with Gasteiger partial charge < -0.3 is 18.8 Å². The van der Waals surface area contributed by atoms with Crippen LogP contribution in [0.15, 0.2) is 75.2 Å². The molecule has 0 bridgehead atoms. The van der Waals surface area contributed by atoms with Gasteiger partial charge in [-0.1, -0.05) is 6.07 Å². The van der Waals surface area contributed by atoms with Crippen LogP contribution in [0, 0.1) is 6.92 Å². The zero-order valence-corrected chi connectivity index (χ0v) is 20.6. The van der Waals surface area contributed by atoms with Crippen molar-refractivity contribution >= 4 is 40.3 Å². The molecule has 3 heterocycles. The Hall–Kier alpha value is -3.49. The number of hydrogen-bond donors (Lipinski definition) is 0. The van der Waals surface area contributed by atoms with Crippen molar-refractivity contribution in [2.24, 2.45) is 4.99 Å². The van der Waals surface area contributed by atoms with E-state index in [1.807, 2.05) is 42.5 Å². The van der Waals surface area contributed by atoms with Crippen molar-refractivity contribution < 1.29 is 18.7 Å². The molecule has 0 unspecified atom stereocenters. The molecule has 2 saturated heterocycles. The van der Waals surface area contributed by atoms with Gasteiger partial charge in [-0.15, -0.1) is 0 Å². The number of aliphatic imine (C=N–C) groups is 1. The fraction of sp³-hybridized carbons (Fsp3) is 0.259. The van der Waals surface area contributed by atoms with Crippen molar-refractivity contribution in [2.75, 3.05) is 38.3 Å². The molecule has 5 rings (SSSR count). The minimum atomic E-state index is -0.0877. The Kier molecular flexibility index (Phi) is 6.92. The maximum atomic E-state index is 13.4. The average molecular weight is 490 g/mol. The average Bonchev–Trinajstić information content (AvgIpc) is 3.50. The number of rotatable bonds is 6. The highest BCUT2D eigenvalue weighted by atomic mass is 32.2. The molecule has 2 aromatic carbocycles. The van der Waals surface area contributed by atoms with Gasteiger partial charge >= 0.3 is 0 Å². The molecule has 2 aliphatic rings. The van der Waals surface area contributed by atoms with Gasteiger partial charge in [0.15, 0.2) is 5.17 Å². The number of nitrogens with zero attached hydrogens (tertiary/aromatic N) is 3. The number of aryl methyl sites for hydroxylation is 1. The number of methoxy groups -OCH3 is 1. The number of morpholine rings is 1. The van der Waals surface area contributed by atoms with E-state index in [2.05, 4.69) is 30.0 Å². The SMILES string of the molecule is COc1ccc(N=C2S/C(=C\c3ccc(N4CCOCC4)cc3C)C(=O)N2Cc2ccco2)cc1. The van der Waals surface area contributed by atoms with Crippen molar-refractivity contribution in [1.29, 1.82) is 0 Å². The van der Waals surface area contributed by atoms with Crippen LogP contribution in [0.5, 0.6) is 5.75 Å². The molecule has 2 fully saturated rings. The minimum Gasteiger partial charge on any atom is -0.497 e. The molecule has 8 heteroatoms. The largest absolute Gasteiger partial charge is 0.497 e. The van der Waals surface area contributed by atoms with E-state index in [0.717, 1.165) is 48.9 Å². The van der Waals surface area contributed by atoms with Crippen LogP contribution in [0.3, 0.4) is 0 Å². The second-order valence-electron chi connectivity index (χ2n) is 8.31. The fourth-order valence-corrected chi connectivity index (χ4v) is 5.03. The third kappa shape index (κ3) is 5.28. The van der Waals surface area contributed by atoms with E-state index >= 15 is 0 Å². The molecule has 0 atom stereocenters. The van der Waals surface area contributed by atoms with Gasteiger partial charge in [-0.25, -0.2) is 4.99 Å². The molecule has 7 nitrogen and oxygen atoms in total. The molecule has 180 valence electrons. The van der Waals surface area contributed by atoms with Gasteiger partial charge in [-0.2, -0.15) is 0 Å². The number of anilines is 1. The molecular weight excluding hydrogens is 462 g/mol. The van der Waals surface area contributed by atoms with E-state index in [0.29, 0.717) is 22.4 Å². The van der Waals surface area contributed by atoms with Crippen LogP contribution < -0.4 is 9.64 Å². The summed E-state index contributed by atoms with van der Waals surface area (Å²) in [5, 5.41) is 0.616. The first-order chi connectivity index (χ1) is 17.1. The number of hydrogen-bond acceptors (Lipinski definition) is 7. The van der Waals surface area contributed by atoms with Gasteiger partial charge in [-0.3, -0.25) is 9.69 Å². The topological polar surface area (TPSA) is 67.5 Å². The number of amidine groups is 1. The van der Waals surface area contributed by atoms with Gasteiger partial charge in [0, 0.05) is 18.8 Å². The van der Waals surface area contributed by atoms with Crippen LogP contribution in [-0.2, 0) is 16.1 Å². The third-order valence-electron chi connectivity index (χ3n) is 6.00. The lowest BCUT2D eigenvalue weighted by Crippen LogP contribution is -2.36. The number of amides is 1. The standard InChI is InChI=1S/C27H27N3O4S/c1-19-16-22(29-11-14-33-15-12-29)8-5-20(19)17-25-26(31)30(18-24-4-3-13-34-24)27(35-25)28-21-6-9-23(32-2)10-7-21/h3-10,13,16-17H,11-12,14-15,18H2,1-2H3/b25-17-,28-27?. The highest BCUT2D eigenvalue weighted by Gasteiger charge is 2.34. The lowest BCUT2D eigenvalue weighted by Gasteiger charge is -2.29. The van der Waals surface area contributed by atoms with Gasteiger partial charge in [0.1, 0.15) is 11.5 Å². The van der Waals surface area contributed by atoms with Crippen LogP contribution in [0.1, 0.15) is 16.9 Å². The summed E-state index contributed by atoms with van der Waals surface area (Å²) in [4.78, 5) is 22.8. The molecule has 1 amide bonds. The van der Waals surface area contributed by atoms with E-state index < -0.39 is 0 Å². The molecule has 0 N–H and O–H groups in total. The Bertz CT molecular complexity index is 1250. The number of furan rings is 1. The molecule has 1 aromatic heterocycles.